The van der Waals surface area contributed by atoms with Crippen molar-refractivity contribution >= 4 is 38.8 Å². The quantitative estimate of drug-likeness (QED) is 0.601. The van der Waals surface area contributed by atoms with Gasteiger partial charge in [-0.05, 0) is 59.3 Å². The van der Waals surface area contributed by atoms with Crippen LogP contribution in [0.25, 0.3) is 0 Å². The van der Waals surface area contributed by atoms with Crippen molar-refractivity contribution in [3.8, 4) is 0 Å². The van der Waals surface area contributed by atoms with Crippen molar-refractivity contribution < 1.29 is 8.42 Å². The summed E-state index contributed by atoms with van der Waals surface area (Å²) in [6.07, 6.45) is 1.37. The van der Waals surface area contributed by atoms with Gasteiger partial charge in [-0.15, -0.1) is 0 Å². The number of hydrogen-bond acceptors (Lipinski definition) is 2. The Morgan fingerprint density at radius 1 is 1.11 bits per heavy atom. The topological polar surface area (TPSA) is 46.5 Å². The van der Waals surface area contributed by atoms with Crippen molar-refractivity contribution in [3.05, 3.63) is 63.2 Å². The zero-order chi connectivity index (χ0) is 13.9. The van der Waals surface area contributed by atoms with Crippen molar-refractivity contribution in [2.45, 2.75) is 11.8 Å². The molecule has 2 rings (SSSR count). The Morgan fingerprint density at radius 3 is 2.42 bits per heavy atom. The van der Waals surface area contributed by atoms with Gasteiger partial charge < -0.3 is 0 Å². The first kappa shape index (κ1) is 14.2. The lowest BCUT2D eigenvalue weighted by Gasteiger charge is -1.99. The van der Waals surface area contributed by atoms with Crippen LogP contribution in [0.5, 0.6) is 0 Å². The van der Waals surface area contributed by atoms with Gasteiger partial charge in [0.25, 0.3) is 10.0 Å². The molecule has 0 spiro atoms. The number of sulfonamides is 1. The first-order valence-corrected chi connectivity index (χ1v) is 8.12. The van der Waals surface area contributed by atoms with E-state index in [-0.39, 0.29) is 4.90 Å². The van der Waals surface area contributed by atoms with Crippen LogP contribution in [-0.2, 0) is 10.0 Å². The molecule has 0 amide bonds. The van der Waals surface area contributed by atoms with Gasteiger partial charge in [-0.25, -0.2) is 0 Å². The molecule has 0 heterocycles. The highest BCUT2D eigenvalue weighted by Gasteiger charge is 2.10. The van der Waals surface area contributed by atoms with Crippen LogP contribution in [0.3, 0.4) is 0 Å². The van der Waals surface area contributed by atoms with Gasteiger partial charge in [0.1, 0.15) is 0 Å². The fraction of sp³-hybridized carbons (Fsp3) is 0.0714. The standard InChI is InChI=1S/C14H12INO2S/c1-11-5-7-14(8-6-11)19(17,18)16-10-12-3-2-4-13(15)9-12/h2-10H,1H3/b16-10+. The number of benzene rings is 2. The van der Waals surface area contributed by atoms with E-state index in [1.807, 2.05) is 31.2 Å². The Morgan fingerprint density at radius 2 is 1.79 bits per heavy atom. The number of aryl methyl sites for hydroxylation is 1. The van der Waals surface area contributed by atoms with Crippen LogP contribution in [0.4, 0.5) is 0 Å². The maximum atomic E-state index is 12.0. The molecule has 0 aliphatic carbocycles. The molecular weight excluding hydrogens is 373 g/mol. The van der Waals surface area contributed by atoms with Crippen LogP contribution >= 0.6 is 22.6 Å². The maximum absolute atomic E-state index is 12.0. The van der Waals surface area contributed by atoms with E-state index in [4.69, 9.17) is 0 Å². The third-order valence-electron chi connectivity index (χ3n) is 2.51. The van der Waals surface area contributed by atoms with E-state index < -0.39 is 10.0 Å². The van der Waals surface area contributed by atoms with Crippen molar-refractivity contribution in [1.29, 1.82) is 0 Å². The van der Waals surface area contributed by atoms with E-state index in [2.05, 4.69) is 27.0 Å². The Hall–Kier alpha value is -1.21. The molecule has 0 saturated carbocycles. The van der Waals surface area contributed by atoms with Crippen LogP contribution in [0.2, 0.25) is 0 Å². The molecule has 5 heteroatoms. The highest BCUT2D eigenvalue weighted by molar-refractivity contribution is 14.1. The highest BCUT2D eigenvalue weighted by atomic mass is 127. The second-order valence-corrected chi connectivity index (χ2v) is 6.96. The number of nitrogens with zero attached hydrogens (tertiary/aromatic N) is 1. The Labute approximate surface area is 126 Å². The lowest BCUT2D eigenvalue weighted by Crippen LogP contribution is -1.97. The first-order chi connectivity index (χ1) is 8.97. The number of hydrogen-bond donors (Lipinski definition) is 0. The van der Waals surface area contributed by atoms with Crippen molar-refractivity contribution in [1.82, 2.24) is 0 Å². The number of halogens is 1. The molecule has 0 unspecified atom stereocenters. The van der Waals surface area contributed by atoms with Crippen molar-refractivity contribution in [3.63, 3.8) is 0 Å². The van der Waals surface area contributed by atoms with Gasteiger partial charge in [-0.3, -0.25) is 0 Å². The minimum atomic E-state index is -3.62. The minimum absolute atomic E-state index is 0.208. The predicted octanol–water partition coefficient (Wildman–Crippen LogP) is 3.41. The Balaban J connectivity index is 2.29. The smallest absolute Gasteiger partial charge is 0.199 e. The first-order valence-electron chi connectivity index (χ1n) is 5.60. The van der Waals surface area contributed by atoms with Gasteiger partial charge in [0, 0.05) is 9.78 Å². The Bertz CT molecular complexity index is 706. The highest BCUT2D eigenvalue weighted by Crippen LogP contribution is 2.13. The van der Waals surface area contributed by atoms with E-state index in [0.717, 1.165) is 14.7 Å². The maximum Gasteiger partial charge on any atom is 0.282 e. The molecule has 0 bridgehead atoms. The summed E-state index contributed by atoms with van der Waals surface area (Å²) >= 11 is 2.17. The van der Waals surface area contributed by atoms with Gasteiger partial charge >= 0.3 is 0 Å². The van der Waals surface area contributed by atoms with Crippen LogP contribution < -0.4 is 0 Å². The molecule has 3 nitrogen and oxygen atoms in total. The van der Waals surface area contributed by atoms with Gasteiger partial charge in [0.15, 0.2) is 0 Å². The molecule has 98 valence electrons. The molecule has 0 aliphatic heterocycles. The summed E-state index contributed by atoms with van der Waals surface area (Å²) in [6.45, 7) is 1.91. The van der Waals surface area contributed by atoms with E-state index in [9.17, 15) is 8.42 Å². The second-order valence-electron chi connectivity index (χ2n) is 4.08. The van der Waals surface area contributed by atoms with Gasteiger partial charge in [-0.1, -0.05) is 29.8 Å². The van der Waals surface area contributed by atoms with E-state index in [0.29, 0.717) is 0 Å². The summed E-state index contributed by atoms with van der Waals surface area (Å²) in [5.41, 5.74) is 1.78. The lowest BCUT2D eigenvalue weighted by atomic mass is 10.2. The van der Waals surface area contributed by atoms with Crippen LogP contribution in [-0.4, -0.2) is 14.6 Å². The molecule has 2 aromatic carbocycles. The molecule has 0 N–H and O–H groups in total. The fourth-order valence-electron chi connectivity index (χ4n) is 1.49. The lowest BCUT2D eigenvalue weighted by molar-refractivity contribution is 0.598. The summed E-state index contributed by atoms with van der Waals surface area (Å²) in [4.78, 5) is 0.208. The summed E-state index contributed by atoms with van der Waals surface area (Å²) in [5, 5.41) is 0. The van der Waals surface area contributed by atoms with Crippen LogP contribution in [0.15, 0.2) is 57.8 Å². The third kappa shape index (κ3) is 3.87. The van der Waals surface area contributed by atoms with Crippen molar-refractivity contribution in [2.24, 2.45) is 4.40 Å². The monoisotopic (exact) mass is 385 g/mol. The molecule has 2 aromatic rings. The second kappa shape index (κ2) is 5.83. The van der Waals surface area contributed by atoms with Crippen molar-refractivity contribution in [2.75, 3.05) is 0 Å². The minimum Gasteiger partial charge on any atom is -0.199 e. The fourth-order valence-corrected chi connectivity index (χ4v) is 2.92. The summed E-state index contributed by atoms with van der Waals surface area (Å²) in [7, 11) is -3.62. The van der Waals surface area contributed by atoms with Crippen LogP contribution in [0.1, 0.15) is 11.1 Å². The average Bonchev–Trinajstić information content (AvgIpc) is 2.37. The molecular formula is C14H12INO2S. The normalized spacial score (nSPS) is 11.9. The molecule has 19 heavy (non-hydrogen) atoms. The van der Waals surface area contributed by atoms with E-state index in [1.54, 1.807) is 24.3 Å². The molecule has 0 radical (unpaired) electrons. The van der Waals surface area contributed by atoms with Gasteiger partial charge in [-0.2, -0.15) is 12.8 Å². The molecule has 0 aliphatic rings. The summed E-state index contributed by atoms with van der Waals surface area (Å²) < 4.78 is 28.8. The molecule has 0 atom stereocenters. The zero-order valence-corrected chi connectivity index (χ0v) is 13.2. The number of rotatable bonds is 3. The predicted molar refractivity (Wildman–Crippen MR) is 85.1 cm³/mol. The zero-order valence-electron chi connectivity index (χ0n) is 10.2. The summed E-state index contributed by atoms with van der Waals surface area (Å²) in [6, 6.07) is 14.1. The largest absolute Gasteiger partial charge is 0.282 e. The molecule has 0 fully saturated rings. The third-order valence-corrected chi connectivity index (χ3v) is 4.43. The van der Waals surface area contributed by atoms with E-state index >= 15 is 0 Å². The Kier molecular flexibility index (Phi) is 4.36. The van der Waals surface area contributed by atoms with Gasteiger partial charge in [0.05, 0.1) is 4.90 Å². The van der Waals surface area contributed by atoms with E-state index in [1.165, 1.54) is 6.21 Å². The molecule has 0 saturated heterocycles. The van der Waals surface area contributed by atoms with Gasteiger partial charge in [0.2, 0.25) is 0 Å². The average molecular weight is 385 g/mol. The SMILES string of the molecule is Cc1ccc(S(=O)(=O)/N=C/c2cccc(I)c2)cc1. The molecule has 0 aromatic heterocycles. The summed E-state index contributed by atoms with van der Waals surface area (Å²) in [5.74, 6) is 0. The van der Waals surface area contributed by atoms with Crippen LogP contribution in [0, 0.1) is 10.5 Å².